The van der Waals surface area contributed by atoms with Gasteiger partial charge in [-0.05, 0) is 97.2 Å². The van der Waals surface area contributed by atoms with Crippen LogP contribution in [0.2, 0.25) is 0 Å². The Morgan fingerprint density at radius 1 is 1.12 bits per heavy atom. The van der Waals surface area contributed by atoms with Crippen LogP contribution in [0.15, 0.2) is 0 Å². The quantitative estimate of drug-likeness (QED) is 0.471. The zero-order chi connectivity index (χ0) is 18.4. The molecule has 0 radical (unpaired) electrons. The van der Waals surface area contributed by atoms with Gasteiger partial charge >= 0.3 is 5.97 Å². The third-order valence-electron chi connectivity index (χ3n) is 6.33. The summed E-state index contributed by atoms with van der Waals surface area (Å²) in [6, 6.07) is 0. The lowest BCUT2D eigenvalue weighted by molar-refractivity contribution is -0.175. The average Bonchev–Trinajstić information content (AvgIpc) is 2.67. The van der Waals surface area contributed by atoms with E-state index in [1.807, 2.05) is 6.92 Å². The van der Waals surface area contributed by atoms with E-state index in [2.05, 4.69) is 0 Å². The van der Waals surface area contributed by atoms with E-state index in [1.165, 1.54) is 12.8 Å². The van der Waals surface area contributed by atoms with Gasteiger partial charge in [-0.1, -0.05) is 6.92 Å². The van der Waals surface area contributed by atoms with Crippen LogP contribution < -0.4 is 0 Å². The van der Waals surface area contributed by atoms with Gasteiger partial charge in [0.1, 0.15) is 6.10 Å². The third-order valence-corrected chi connectivity index (χ3v) is 10.2. The van der Waals surface area contributed by atoms with Crippen LogP contribution in [0.3, 0.4) is 0 Å². The summed E-state index contributed by atoms with van der Waals surface area (Å²) >= 11 is 4.88. The Kier molecular flexibility index (Phi) is 8.32. The zero-order valence-corrected chi connectivity index (χ0v) is 18.1. The number of esters is 1. The number of hydrogen-bond acceptors (Lipinski definition) is 5. The molecule has 0 N–H and O–H groups in total. The lowest BCUT2D eigenvalue weighted by atomic mass is 9.73. The monoisotopic (exact) mass is 406 g/mol. The number of rotatable bonds is 6. The van der Waals surface area contributed by atoms with E-state index in [9.17, 15) is 9.36 Å². The molecule has 0 spiro atoms. The summed E-state index contributed by atoms with van der Waals surface area (Å²) in [5.41, 5.74) is -0.499. The molecule has 2 rings (SSSR count). The number of hydrogen-bond donors (Lipinski definition) is 0. The molecule has 2 saturated carbocycles. The summed E-state index contributed by atoms with van der Waals surface area (Å²) in [4.78, 5) is 12.3. The summed E-state index contributed by atoms with van der Waals surface area (Å²) in [5.74, 6) is 1.24. The Bertz CT molecular complexity index is 549. The van der Waals surface area contributed by atoms with Gasteiger partial charge in [0.2, 0.25) is 0 Å². The molecule has 144 valence electrons. The lowest BCUT2D eigenvalue weighted by Crippen LogP contribution is -2.41. The van der Waals surface area contributed by atoms with Gasteiger partial charge in [-0.15, -0.1) is 0 Å². The van der Waals surface area contributed by atoms with Crippen LogP contribution in [0.4, 0.5) is 0 Å². The van der Waals surface area contributed by atoms with Crippen molar-refractivity contribution < 1.29 is 18.8 Å². The van der Waals surface area contributed by atoms with Gasteiger partial charge in [0, 0.05) is 12.8 Å². The van der Waals surface area contributed by atoms with E-state index in [0.717, 1.165) is 59.9 Å². The standard InChI is InChI=1S/C18H31O4PS2/c1-4-18(2,21-3)17(19)22-15-9-5-13(6-10-15)14-7-11-16(12-8-14)23(20)25-24/h13-16H,4-12H2,1-3H3. The Morgan fingerprint density at radius 3 is 2.08 bits per heavy atom. The molecule has 4 nitrogen and oxygen atoms in total. The maximum absolute atomic E-state index is 12.3. The van der Waals surface area contributed by atoms with Crippen molar-refractivity contribution in [1.82, 2.24) is 0 Å². The summed E-state index contributed by atoms with van der Waals surface area (Å²) in [6.07, 6.45) is 9.28. The zero-order valence-electron chi connectivity index (χ0n) is 15.6. The van der Waals surface area contributed by atoms with Gasteiger partial charge < -0.3 is 9.47 Å². The van der Waals surface area contributed by atoms with Crippen LogP contribution in [-0.2, 0) is 39.5 Å². The fourth-order valence-electron chi connectivity index (χ4n) is 4.17. The molecule has 0 aromatic heterocycles. The molecule has 0 saturated heterocycles. The summed E-state index contributed by atoms with van der Waals surface area (Å²) < 4.78 is 22.9. The van der Waals surface area contributed by atoms with Gasteiger partial charge in [0.15, 0.2) is 12.2 Å². The highest BCUT2D eigenvalue weighted by Crippen LogP contribution is 2.42. The molecule has 0 aliphatic heterocycles. The second-order valence-corrected chi connectivity index (χ2v) is 12.0. The summed E-state index contributed by atoms with van der Waals surface area (Å²) in [7, 11) is 2.68. The maximum Gasteiger partial charge on any atom is 0.338 e. The van der Waals surface area contributed by atoms with Crippen LogP contribution in [-0.4, -0.2) is 30.4 Å². The van der Waals surface area contributed by atoms with Crippen LogP contribution in [0.1, 0.15) is 71.6 Å². The molecule has 0 aromatic rings. The van der Waals surface area contributed by atoms with Crippen molar-refractivity contribution in [2.45, 2.75) is 89.0 Å². The molecule has 0 heterocycles. The van der Waals surface area contributed by atoms with Crippen molar-refractivity contribution in [3.05, 3.63) is 0 Å². The molecule has 0 bridgehead atoms. The summed E-state index contributed by atoms with van der Waals surface area (Å²) in [5, 5.41) is 0. The fraction of sp³-hybridized carbons (Fsp3) is 0.944. The number of methoxy groups -OCH3 is 1. The molecule has 2 fully saturated rings. The smallest absolute Gasteiger partial charge is 0.338 e. The molecule has 7 heteroatoms. The first-order chi connectivity index (χ1) is 11.9. The lowest BCUT2D eigenvalue weighted by Gasteiger charge is -2.37. The highest BCUT2D eigenvalue weighted by Gasteiger charge is 2.37. The first-order valence-electron chi connectivity index (χ1n) is 9.46. The predicted molar refractivity (Wildman–Crippen MR) is 106 cm³/mol. The molecule has 2 aliphatic rings. The first-order valence-corrected chi connectivity index (χ1v) is 13.1. The Balaban J connectivity index is 1.78. The van der Waals surface area contributed by atoms with Crippen LogP contribution in [0, 0.1) is 11.8 Å². The molecule has 0 amide bonds. The minimum absolute atomic E-state index is 0.0345. The van der Waals surface area contributed by atoms with Crippen LogP contribution in [0.5, 0.6) is 0 Å². The Morgan fingerprint density at radius 2 is 1.64 bits per heavy atom. The van der Waals surface area contributed by atoms with Crippen LogP contribution in [0.25, 0.3) is 0 Å². The minimum Gasteiger partial charge on any atom is -0.460 e. The first kappa shape index (κ1) is 21.3. The van der Waals surface area contributed by atoms with Crippen molar-refractivity contribution in [3.8, 4) is 0 Å². The number of carbonyl (C=O) groups is 1. The van der Waals surface area contributed by atoms with E-state index in [1.54, 1.807) is 14.0 Å². The predicted octanol–water partition coefficient (Wildman–Crippen LogP) is 4.75. The topological polar surface area (TPSA) is 52.6 Å². The molecular weight excluding hydrogens is 375 g/mol. The molecule has 2 unspecified atom stereocenters. The Labute approximate surface area is 160 Å². The van der Waals surface area contributed by atoms with E-state index in [4.69, 9.17) is 20.7 Å². The third kappa shape index (κ3) is 5.47. The molecule has 2 aliphatic carbocycles. The molecular formula is C18H31O4PS2. The van der Waals surface area contributed by atoms with E-state index < -0.39 is 12.2 Å². The molecule has 2 atom stereocenters. The van der Waals surface area contributed by atoms with E-state index in [-0.39, 0.29) is 12.1 Å². The van der Waals surface area contributed by atoms with Crippen molar-refractivity contribution >= 4 is 33.2 Å². The fourth-order valence-corrected chi connectivity index (χ4v) is 7.11. The SMILES string of the molecule is CCC(C)(OC)C(=O)OC1CCC(C2CCC(P(=O)=S=S)CC2)CC1. The summed E-state index contributed by atoms with van der Waals surface area (Å²) in [6.45, 7) is 2.48. The second-order valence-electron chi connectivity index (χ2n) is 7.66. The largest absolute Gasteiger partial charge is 0.460 e. The van der Waals surface area contributed by atoms with Gasteiger partial charge in [-0.25, -0.2) is 4.79 Å². The minimum atomic E-state index is -1.25. The van der Waals surface area contributed by atoms with Gasteiger partial charge in [0.25, 0.3) is 0 Å². The maximum atomic E-state index is 12.3. The van der Waals surface area contributed by atoms with Crippen molar-refractivity contribution in [3.63, 3.8) is 0 Å². The number of ether oxygens (including phenoxy) is 2. The molecule has 0 aromatic carbocycles. The molecule has 25 heavy (non-hydrogen) atoms. The highest BCUT2D eigenvalue weighted by atomic mass is 32.9. The van der Waals surface area contributed by atoms with E-state index >= 15 is 0 Å². The van der Waals surface area contributed by atoms with Crippen molar-refractivity contribution in [2.75, 3.05) is 7.11 Å². The number of carbonyl (C=O) groups excluding carboxylic acids is 1. The van der Waals surface area contributed by atoms with Gasteiger partial charge in [-0.2, -0.15) is 0 Å². The normalized spacial score (nSPS) is 33.2. The van der Waals surface area contributed by atoms with Crippen molar-refractivity contribution in [2.24, 2.45) is 11.8 Å². The Hall–Kier alpha value is -0.0300. The second kappa shape index (κ2) is 9.77. The van der Waals surface area contributed by atoms with Crippen molar-refractivity contribution in [1.29, 1.82) is 0 Å². The van der Waals surface area contributed by atoms with E-state index in [0.29, 0.717) is 12.1 Å². The average molecular weight is 407 g/mol. The van der Waals surface area contributed by atoms with Crippen LogP contribution >= 0.6 is 6.58 Å². The highest BCUT2D eigenvalue weighted by molar-refractivity contribution is 8.32. The van der Waals surface area contributed by atoms with Gasteiger partial charge in [-0.3, -0.25) is 4.57 Å². The van der Waals surface area contributed by atoms with Gasteiger partial charge in [0.05, 0.1) is 0 Å².